The molecule has 1 aliphatic rings. The normalized spacial score (nSPS) is 16.6. The van der Waals surface area contributed by atoms with Gasteiger partial charge in [-0.1, -0.05) is 6.92 Å². The largest absolute Gasteiger partial charge is 0.355 e. The highest BCUT2D eigenvalue weighted by Gasteiger charge is 2.27. The van der Waals surface area contributed by atoms with Gasteiger partial charge in [-0.05, 0) is 26.2 Å². The minimum absolute atomic E-state index is 0.0332. The van der Waals surface area contributed by atoms with Gasteiger partial charge in [0.25, 0.3) is 0 Å². The van der Waals surface area contributed by atoms with Crippen LogP contribution in [-0.2, 0) is 11.3 Å². The maximum Gasteiger partial charge on any atom is 0.223 e. The highest BCUT2D eigenvalue weighted by Crippen LogP contribution is 2.23. The Hall–Kier alpha value is -2.44. The molecule has 0 unspecified atom stereocenters. The standard InChI is InChI=1S/C18H26N6O/c1-3-16(15-11-21-24(4-2)13-15)22-18(25)14-5-9-23(10-6-14)17-12-19-7-8-20-17/h7-8,11-14,16H,3-6,9-10H2,1-2H3,(H,22,25)/t16-/m0/s1. The van der Waals surface area contributed by atoms with Gasteiger partial charge in [0.15, 0.2) is 0 Å². The molecular weight excluding hydrogens is 316 g/mol. The van der Waals surface area contributed by atoms with E-state index in [0.29, 0.717) is 0 Å². The molecule has 7 nitrogen and oxygen atoms in total. The predicted octanol–water partition coefficient (Wildman–Crippen LogP) is 2.18. The molecule has 2 aromatic rings. The summed E-state index contributed by atoms with van der Waals surface area (Å²) >= 11 is 0. The van der Waals surface area contributed by atoms with Crippen molar-refractivity contribution in [3.05, 3.63) is 36.5 Å². The lowest BCUT2D eigenvalue weighted by atomic mass is 9.95. The number of hydrogen-bond acceptors (Lipinski definition) is 5. The molecule has 0 aromatic carbocycles. The highest BCUT2D eigenvalue weighted by molar-refractivity contribution is 5.79. The summed E-state index contributed by atoms with van der Waals surface area (Å²) in [6.45, 7) is 6.65. The minimum Gasteiger partial charge on any atom is -0.355 e. The van der Waals surface area contributed by atoms with Gasteiger partial charge in [-0.3, -0.25) is 14.5 Å². The summed E-state index contributed by atoms with van der Waals surface area (Å²) in [5.74, 6) is 1.10. The molecule has 1 atom stereocenters. The monoisotopic (exact) mass is 342 g/mol. The third-order valence-corrected chi connectivity index (χ3v) is 4.84. The van der Waals surface area contributed by atoms with E-state index in [-0.39, 0.29) is 17.9 Å². The van der Waals surface area contributed by atoms with E-state index in [2.05, 4.69) is 39.1 Å². The Morgan fingerprint density at radius 1 is 1.28 bits per heavy atom. The van der Waals surface area contributed by atoms with Gasteiger partial charge in [0, 0.05) is 49.7 Å². The summed E-state index contributed by atoms with van der Waals surface area (Å²) in [7, 11) is 0. The van der Waals surface area contributed by atoms with Gasteiger partial charge in [-0.15, -0.1) is 0 Å². The first-order chi connectivity index (χ1) is 12.2. The number of amides is 1. The molecule has 3 heterocycles. The summed E-state index contributed by atoms with van der Waals surface area (Å²) in [5, 5.41) is 7.52. The molecule has 25 heavy (non-hydrogen) atoms. The molecule has 1 saturated heterocycles. The van der Waals surface area contributed by atoms with Crippen LogP contribution in [0.3, 0.4) is 0 Å². The SMILES string of the molecule is CC[C@H](NC(=O)C1CCN(c2cnccn2)CC1)c1cnn(CC)c1. The lowest BCUT2D eigenvalue weighted by Gasteiger charge is -2.32. The van der Waals surface area contributed by atoms with Crippen molar-refractivity contribution in [2.75, 3.05) is 18.0 Å². The first-order valence-corrected chi connectivity index (χ1v) is 9.05. The van der Waals surface area contributed by atoms with Crippen LogP contribution < -0.4 is 10.2 Å². The molecule has 0 aliphatic carbocycles. The third-order valence-electron chi connectivity index (χ3n) is 4.84. The Kier molecular flexibility index (Phi) is 5.63. The van der Waals surface area contributed by atoms with Gasteiger partial charge < -0.3 is 10.2 Å². The highest BCUT2D eigenvalue weighted by atomic mass is 16.1. The molecule has 7 heteroatoms. The molecule has 1 N–H and O–H groups in total. The number of anilines is 1. The zero-order valence-electron chi connectivity index (χ0n) is 14.9. The summed E-state index contributed by atoms with van der Waals surface area (Å²) in [4.78, 5) is 23.3. The van der Waals surface area contributed by atoms with E-state index in [1.54, 1.807) is 18.6 Å². The van der Waals surface area contributed by atoms with Crippen LogP contribution in [0.4, 0.5) is 5.82 Å². The van der Waals surface area contributed by atoms with Crippen molar-refractivity contribution in [1.29, 1.82) is 0 Å². The zero-order chi connectivity index (χ0) is 17.6. The van der Waals surface area contributed by atoms with Gasteiger partial charge in [0.05, 0.1) is 18.4 Å². The topological polar surface area (TPSA) is 75.9 Å². The molecule has 1 aliphatic heterocycles. The summed E-state index contributed by atoms with van der Waals surface area (Å²) in [5.41, 5.74) is 1.08. The van der Waals surface area contributed by atoms with E-state index >= 15 is 0 Å². The molecular formula is C18H26N6O. The Morgan fingerprint density at radius 2 is 2.08 bits per heavy atom. The van der Waals surface area contributed by atoms with Gasteiger partial charge >= 0.3 is 0 Å². The van der Waals surface area contributed by atoms with Crippen LogP contribution in [0.1, 0.15) is 44.7 Å². The Balaban J connectivity index is 1.55. The summed E-state index contributed by atoms with van der Waals surface area (Å²) in [6, 6.07) is 0.0332. The van der Waals surface area contributed by atoms with Crippen LogP contribution in [0, 0.1) is 5.92 Å². The number of hydrogen-bond donors (Lipinski definition) is 1. The molecule has 1 fully saturated rings. The number of aryl methyl sites for hydroxylation is 1. The Labute approximate surface area is 148 Å². The number of carbonyl (C=O) groups excluding carboxylic acids is 1. The van der Waals surface area contributed by atoms with E-state index in [4.69, 9.17) is 0 Å². The fourth-order valence-corrected chi connectivity index (χ4v) is 3.27. The van der Waals surface area contributed by atoms with E-state index in [1.807, 2.05) is 17.1 Å². The maximum atomic E-state index is 12.7. The number of rotatable bonds is 6. The predicted molar refractivity (Wildman–Crippen MR) is 96.0 cm³/mol. The van der Waals surface area contributed by atoms with E-state index in [1.165, 1.54) is 0 Å². The van der Waals surface area contributed by atoms with Gasteiger partial charge in [0.2, 0.25) is 5.91 Å². The molecule has 0 saturated carbocycles. The molecule has 134 valence electrons. The van der Waals surface area contributed by atoms with E-state index in [9.17, 15) is 4.79 Å². The van der Waals surface area contributed by atoms with Crippen molar-refractivity contribution >= 4 is 11.7 Å². The Morgan fingerprint density at radius 3 is 2.68 bits per heavy atom. The smallest absolute Gasteiger partial charge is 0.223 e. The van der Waals surface area contributed by atoms with Crippen molar-refractivity contribution in [3.63, 3.8) is 0 Å². The van der Waals surface area contributed by atoms with Crippen LogP contribution in [0.15, 0.2) is 31.0 Å². The second-order valence-electron chi connectivity index (χ2n) is 6.42. The number of carbonyl (C=O) groups is 1. The van der Waals surface area contributed by atoms with Gasteiger partial charge in [-0.25, -0.2) is 4.98 Å². The molecule has 2 aromatic heterocycles. The van der Waals surface area contributed by atoms with E-state index < -0.39 is 0 Å². The van der Waals surface area contributed by atoms with Gasteiger partial charge in [0.1, 0.15) is 5.82 Å². The third kappa shape index (κ3) is 4.15. The molecule has 1 amide bonds. The van der Waals surface area contributed by atoms with Crippen LogP contribution in [-0.4, -0.2) is 38.7 Å². The van der Waals surface area contributed by atoms with Crippen molar-refractivity contribution in [2.24, 2.45) is 5.92 Å². The first-order valence-electron chi connectivity index (χ1n) is 9.05. The van der Waals surface area contributed by atoms with Crippen LogP contribution >= 0.6 is 0 Å². The number of nitrogens with zero attached hydrogens (tertiary/aromatic N) is 5. The van der Waals surface area contributed by atoms with Gasteiger partial charge in [-0.2, -0.15) is 5.10 Å². The van der Waals surface area contributed by atoms with Crippen LogP contribution in [0.2, 0.25) is 0 Å². The Bertz CT molecular complexity index is 678. The fourth-order valence-electron chi connectivity index (χ4n) is 3.27. The molecule has 0 bridgehead atoms. The average molecular weight is 342 g/mol. The fraction of sp³-hybridized carbons (Fsp3) is 0.556. The van der Waals surface area contributed by atoms with E-state index in [0.717, 1.165) is 50.3 Å². The van der Waals surface area contributed by atoms with Crippen molar-refractivity contribution in [2.45, 2.75) is 45.7 Å². The lowest BCUT2D eigenvalue weighted by molar-refractivity contribution is -0.126. The zero-order valence-corrected chi connectivity index (χ0v) is 14.9. The minimum atomic E-state index is 0.0332. The van der Waals surface area contributed by atoms with Crippen LogP contribution in [0.5, 0.6) is 0 Å². The second kappa shape index (κ2) is 8.09. The summed E-state index contributed by atoms with van der Waals surface area (Å²) in [6.07, 6.45) is 11.6. The number of nitrogens with one attached hydrogen (secondary N) is 1. The quantitative estimate of drug-likeness (QED) is 0.871. The lowest BCUT2D eigenvalue weighted by Crippen LogP contribution is -2.41. The molecule has 0 spiro atoms. The first kappa shape index (κ1) is 17.4. The summed E-state index contributed by atoms with van der Waals surface area (Å²) < 4.78 is 1.89. The second-order valence-corrected chi connectivity index (χ2v) is 6.42. The average Bonchev–Trinajstić information content (AvgIpc) is 3.16. The number of aromatic nitrogens is 4. The van der Waals surface area contributed by atoms with Crippen molar-refractivity contribution in [1.82, 2.24) is 25.1 Å². The van der Waals surface area contributed by atoms with Crippen molar-refractivity contribution in [3.8, 4) is 0 Å². The number of piperidine rings is 1. The molecule has 0 radical (unpaired) electrons. The maximum absolute atomic E-state index is 12.7. The van der Waals surface area contributed by atoms with Crippen LogP contribution in [0.25, 0.3) is 0 Å². The van der Waals surface area contributed by atoms with Crippen molar-refractivity contribution < 1.29 is 4.79 Å². The molecule has 3 rings (SSSR count).